The molecule has 4 heteroatoms. The highest BCUT2D eigenvalue weighted by Crippen LogP contribution is 2.30. The predicted octanol–water partition coefficient (Wildman–Crippen LogP) is 1.68. The van der Waals surface area contributed by atoms with Crippen LogP contribution in [-0.4, -0.2) is 18.2 Å². The Kier molecular flexibility index (Phi) is 3.43. The van der Waals surface area contributed by atoms with E-state index in [1.807, 2.05) is 0 Å². The number of hydrogen-bond donors (Lipinski definition) is 1. The van der Waals surface area contributed by atoms with Crippen molar-refractivity contribution in [1.82, 2.24) is 0 Å². The van der Waals surface area contributed by atoms with E-state index in [4.69, 9.17) is 0 Å². The Morgan fingerprint density at radius 3 is 3.00 bits per heavy atom. The largest absolute Gasteiger partial charge is 0.467 e. The van der Waals surface area contributed by atoms with Crippen molar-refractivity contribution in [2.24, 2.45) is 0 Å². The maximum absolute atomic E-state index is 11.4. The molecule has 1 aromatic rings. The summed E-state index contributed by atoms with van der Waals surface area (Å²) in [6, 6.07) is 3.47. The Morgan fingerprint density at radius 2 is 2.57 bits per heavy atom. The fraction of sp³-hybridized carbons (Fsp3) is 0.300. The lowest BCUT2D eigenvalue weighted by Crippen LogP contribution is -2.35. The summed E-state index contributed by atoms with van der Waals surface area (Å²) in [5, 5.41) is 11.9. The van der Waals surface area contributed by atoms with Gasteiger partial charge in [0, 0.05) is 11.3 Å². The zero-order valence-corrected chi connectivity index (χ0v) is 8.71. The van der Waals surface area contributed by atoms with Crippen molar-refractivity contribution in [2.45, 2.75) is 12.0 Å². The van der Waals surface area contributed by atoms with Crippen LogP contribution in [0.5, 0.6) is 0 Å². The first-order valence-corrected chi connectivity index (χ1v) is 4.98. The van der Waals surface area contributed by atoms with E-state index in [1.54, 1.807) is 17.5 Å². The van der Waals surface area contributed by atoms with Crippen LogP contribution in [0.15, 0.2) is 30.2 Å². The molecular formula is C10H12O3S. The molecule has 3 nitrogen and oxygen atoms in total. The van der Waals surface area contributed by atoms with Gasteiger partial charge in [0.1, 0.15) is 0 Å². The van der Waals surface area contributed by atoms with Crippen LogP contribution < -0.4 is 0 Å². The van der Waals surface area contributed by atoms with Gasteiger partial charge in [-0.15, -0.1) is 17.9 Å². The second-order valence-corrected chi connectivity index (χ2v) is 3.77. The molecule has 0 spiro atoms. The highest BCUT2D eigenvalue weighted by atomic mass is 32.1. The van der Waals surface area contributed by atoms with Gasteiger partial charge in [0.15, 0.2) is 5.60 Å². The zero-order chi connectivity index (χ0) is 10.6. The van der Waals surface area contributed by atoms with Crippen LogP contribution in [0.25, 0.3) is 0 Å². The molecule has 0 amide bonds. The van der Waals surface area contributed by atoms with Crippen molar-refractivity contribution in [3.05, 3.63) is 35.0 Å². The summed E-state index contributed by atoms with van der Waals surface area (Å²) in [6.07, 6.45) is 1.65. The van der Waals surface area contributed by atoms with Crippen LogP contribution in [0.4, 0.5) is 0 Å². The molecule has 0 saturated carbocycles. The average molecular weight is 212 g/mol. The number of esters is 1. The van der Waals surface area contributed by atoms with Gasteiger partial charge in [-0.25, -0.2) is 4.79 Å². The second kappa shape index (κ2) is 4.39. The monoisotopic (exact) mass is 212 g/mol. The van der Waals surface area contributed by atoms with Crippen LogP contribution in [0.1, 0.15) is 11.3 Å². The third-order valence-electron chi connectivity index (χ3n) is 1.89. The van der Waals surface area contributed by atoms with E-state index in [1.165, 1.54) is 24.5 Å². The Hall–Kier alpha value is -1.13. The number of hydrogen-bond acceptors (Lipinski definition) is 4. The third kappa shape index (κ3) is 1.86. The molecule has 1 atom stereocenters. The van der Waals surface area contributed by atoms with Gasteiger partial charge >= 0.3 is 5.97 Å². The molecule has 76 valence electrons. The molecular weight excluding hydrogens is 200 g/mol. The Bertz CT molecular complexity index is 318. The second-order valence-electron chi connectivity index (χ2n) is 2.82. The molecule has 1 aromatic heterocycles. The van der Waals surface area contributed by atoms with Gasteiger partial charge < -0.3 is 9.84 Å². The summed E-state index contributed by atoms with van der Waals surface area (Å²) in [4.78, 5) is 12.0. The van der Waals surface area contributed by atoms with Gasteiger partial charge in [0.25, 0.3) is 0 Å². The summed E-state index contributed by atoms with van der Waals surface area (Å²) < 4.78 is 4.56. The van der Waals surface area contributed by atoms with Gasteiger partial charge in [-0.3, -0.25) is 0 Å². The van der Waals surface area contributed by atoms with Crippen LogP contribution >= 0.6 is 11.3 Å². The number of carbonyl (C=O) groups is 1. The number of methoxy groups -OCH3 is 1. The Labute approximate surface area is 86.6 Å². The van der Waals surface area contributed by atoms with E-state index in [-0.39, 0.29) is 6.42 Å². The molecule has 1 heterocycles. The standard InChI is InChI=1S/C10H12O3S/c1-3-6-10(12,9(11)13-2)8-5-4-7-14-8/h3-5,7,12H,1,6H2,2H3. The smallest absolute Gasteiger partial charge is 0.343 e. The maximum atomic E-state index is 11.4. The quantitative estimate of drug-likeness (QED) is 0.610. The molecule has 0 bridgehead atoms. The zero-order valence-electron chi connectivity index (χ0n) is 7.90. The first-order valence-electron chi connectivity index (χ1n) is 4.11. The van der Waals surface area contributed by atoms with Crippen molar-refractivity contribution < 1.29 is 14.6 Å². The molecule has 1 rings (SSSR count). The van der Waals surface area contributed by atoms with Crippen molar-refractivity contribution in [2.75, 3.05) is 7.11 Å². The van der Waals surface area contributed by atoms with Gasteiger partial charge in [0.2, 0.25) is 0 Å². The number of thiophene rings is 1. The lowest BCUT2D eigenvalue weighted by Gasteiger charge is -2.22. The van der Waals surface area contributed by atoms with Gasteiger partial charge in [-0.05, 0) is 11.4 Å². The highest BCUT2D eigenvalue weighted by Gasteiger charge is 2.38. The van der Waals surface area contributed by atoms with Gasteiger partial charge in [0.05, 0.1) is 7.11 Å². The van der Waals surface area contributed by atoms with E-state index in [9.17, 15) is 9.90 Å². The number of carbonyl (C=O) groups excluding carboxylic acids is 1. The van der Waals surface area contributed by atoms with Gasteiger partial charge in [-0.1, -0.05) is 12.1 Å². The molecule has 0 aliphatic carbocycles. The van der Waals surface area contributed by atoms with E-state index in [0.29, 0.717) is 4.88 Å². The van der Waals surface area contributed by atoms with Crippen molar-refractivity contribution >= 4 is 17.3 Å². The minimum absolute atomic E-state index is 0.153. The summed E-state index contributed by atoms with van der Waals surface area (Å²) in [7, 11) is 1.25. The Balaban J connectivity index is 3.04. The van der Waals surface area contributed by atoms with Crippen LogP contribution in [0, 0.1) is 0 Å². The van der Waals surface area contributed by atoms with Crippen LogP contribution in [-0.2, 0) is 15.1 Å². The number of rotatable bonds is 4. The van der Waals surface area contributed by atoms with Crippen molar-refractivity contribution in [3.63, 3.8) is 0 Å². The SMILES string of the molecule is C=CCC(O)(C(=O)OC)c1cccs1. The van der Waals surface area contributed by atoms with E-state index < -0.39 is 11.6 Å². The minimum Gasteiger partial charge on any atom is -0.467 e. The molecule has 1 unspecified atom stereocenters. The van der Waals surface area contributed by atoms with E-state index >= 15 is 0 Å². The predicted molar refractivity (Wildman–Crippen MR) is 55.0 cm³/mol. The number of aliphatic hydroxyl groups is 1. The average Bonchev–Trinajstić information content (AvgIpc) is 2.70. The highest BCUT2D eigenvalue weighted by molar-refractivity contribution is 7.10. The lowest BCUT2D eigenvalue weighted by molar-refractivity contribution is -0.162. The minimum atomic E-state index is -1.58. The van der Waals surface area contributed by atoms with E-state index in [0.717, 1.165) is 0 Å². The molecule has 0 saturated heterocycles. The molecule has 14 heavy (non-hydrogen) atoms. The summed E-state index contributed by atoms with van der Waals surface area (Å²) in [5.74, 6) is -0.653. The lowest BCUT2D eigenvalue weighted by atomic mass is 9.98. The van der Waals surface area contributed by atoms with Crippen molar-refractivity contribution in [3.8, 4) is 0 Å². The molecule has 0 fully saturated rings. The van der Waals surface area contributed by atoms with Crippen molar-refractivity contribution in [1.29, 1.82) is 0 Å². The maximum Gasteiger partial charge on any atom is 0.343 e. The molecule has 0 aromatic carbocycles. The summed E-state index contributed by atoms with van der Waals surface area (Å²) >= 11 is 1.31. The Morgan fingerprint density at radius 1 is 1.86 bits per heavy atom. The summed E-state index contributed by atoms with van der Waals surface area (Å²) in [6.45, 7) is 3.51. The van der Waals surface area contributed by atoms with E-state index in [2.05, 4.69) is 11.3 Å². The fourth-order valence-corrected chi connectivity index (χ4v) is 2.00. The first kappa shape index (κ1) is 10.9. The molecule has 1 N–H and O–H groups in total. The third-order valence-corrected chi connectivity index (χ3v) is 2.91. The van der Waals surface area contributed by atoms with Crippen LogP contribution in [0.2, 0.25) is 0 Å². The molecule has 0 aliphatic heterocycles. The molecule has 0 radical (unpaired) electrons. The number of ether oxygens (including phenoxy) is 1. The van der Waals surface area contributed by atoms with Gasteiger partial charge in [-0.2, -0.15) is 0 Å². The fourth-order valence-electron chi connectivity index (χ4n) is 1.18. The first-order chi connectivity index (χ1) is 6.65. The topological polar surface area (TPSA) is 46.5 Å². The molecule has 0 aliphatic rings. The van der Waals surface area contributed by atoms with Crippen LogP contribution in [0.3, 0.4) is 0 Å². The normalized spacial score (nSPS) is 14.4. The summed E-state index contributed by atoms with van der Waals surface area (Å²) in [5.41, 5.74) is -1.58.